The Balaban J connectivity index is 1.49. The third-order valence-corrected chi connectivity index (χ3v) is 4.84. The van der Waals surface area contributed by atoms with Crippen molar-refractivity contribution in [3.8, 4) is 0 Å². The number of nitrogens with zero attached hydrogens (tertiary/aromatic N) is 3. The highest BCUT2D eigenvalue weighted by Crippen LogP contribution is 2.41. The van der Waals surface area contributed by atoms with Gasteiger partial charge in [-0.25, -0.2) is 0 Å². The Hall–Kier alpha value is -0.120. The average molecular weight is 223 g/mol. The fourth-order valence-electron chi connectivity index (χ4n) is 3.64. The highest BCUT2D eigenvalue weighted by molar-refractivity contribution is 5.05. The molecule has 0 bridgehead atoms. The van der Waals surface area contributed by atoms with E-state index in [0.29, 0.717) is 5.41 Å². The second kappa shape index (κ2) is 3.69. The smallest absolute Gasteiger partial charge is 0.0350 e. The van der Waals surface area contributed by atoms with E-state index in [9.17, 15) is 0 Å². The molecule has 3 saturated heterocycles. The van der Waals surface area contributed by atoms with Crippen molar-refractivity contribution in [2.75, 3.05) is 46.3 Å². The Labute approximate surface area is 99.4 Å². The topological polar surface area (TPSA) is 9.72 Å². The fourth-order valence-corrected chi connectivity index (χ4v) is 3.64. The highest BCUT2D eigenvalue weighted by Gasteiger charge is 2.50. The average Bonchev–Trinajstić information content (AvgIpc) is 2.55. The van der Waals surface area contributed by atoms with Crippen molar-refractivity contribution in [3.63, 3.8) is 0 Å². The van der Waals surface area contributed by atoms with E-state index in [2.05, 4.69) is 35.6 Å². The maximum Gasteiger partial charge on any atom is 0.0350 e. The predicted octanol–water partition coefficient (Wildman–Crippen LogP) is 0.717. The molecule has 0 unspecified atom stereocenters. The van der Waals surface area contributed by atoms with Gasteiger partial charge in [0.25, 0.3) is 0 Å². The molecule has 3 aliphatic heterocycles. The molecule has 0 amide bonds. The van der Waals surface area contributed by atoms with Crippen LogP contribution < -0.4 is 0 Å². The van der Waals surface area contributed by atoms with Crippen LogP contribution in [0.1, 0.15) is 20.3 Å². The van der Waals surface area contributed by atoms with Crippen LogP contribution in [0.5, 0.6) is 0 Å². The third kappa shape index (κ3) is 1.69. The van der Waals surface area contributed by atoms with Crippen molar-refractivity contribution < 1.29 is 0 Å². The molecule has 92 valence electrons. The molecule has 3 nitrogen and oxygen atoms in total. The highest BCUT2D eigenvalue weighted by atomic mass is 15.4. The van der Waals surface area contributed by atoms with Gasteiger partial charge in [-0.3, -0.25) is 4.90 Å². The van der Waals surface area contributed by atoms with Gasteiger partial charge in [0.15, 0.2) is 0 Å². The van der Waals surface area contributed by atoms with Crippen LogP contribution >= 0.6 is 0 Å². The lowest BCUT2D eigenvalue weighted by atomic mass is 9.77. The minimum atomic E-state index is 0.679. The van der Waals surface area contributed by atoms with Crippen LogP contribution in [0.4, 0.5) is 0 Å². The first-order chi connectivity index (χ1) is 7.58. The third-order valence-electron chi connectivity index (χ3n) is 4.84. The molecule has 0 aromatic carbocycles. The number of likely N-dealkylation sites (N-methyl/N-ethyl adjacent to an activating group) is 1. The molecular formula is C13H25N3. The summed E-state index contributed by atoms with van der Waals surface area (Å²) in [6.45, 7) is 12.7. The number of hydrogen-bond donors (Lipinski definition) is 0. The second-order valence-corrected chi connectivity index (χ2v) is 6.59. The summed E-state index contributed by atoms with van der Waals surface area (Å²) >= 11 is 0. The Morgan fingerprint density at radius 1 is 1.12 bits per heavy atom. The first-order valence-corrected chi connectivity index (χ1v) is 6.75. The summed E-state index contributed by atoms with van der Waals surface area (Å²) in [4.78, 5) is 7.79. The summed E-state index contributed by atoms with van der Waals surface area (Å²) in [5, 5.41) is 0. The van der Waals surface area contributed by atoms with Crippen molar-refractivity contribution in [2.24, 2.45) is 5.41 Å². The van der Waals surface area contributed by atoms with Gasteiger partial charge in [-0.2, -0.15) is 0 Å². The lowest BCUT2D eigenvalue weighted by Gasteiger charge is -2.56. The van der Waals surface area contributed by atoms with Crippen molar-refractivity contribution in [2.45, 2.75) is 32.4 Å². The lowest BCUT2D eigenvalue weighted by Crippen LogP contribution is -2.68. The molecule has 0 aromatic heterocycles. The molecular weight excluding hydrogens is 198 g/mol. The van der Waals surface area contributed by atoms with Gasteiger partial charge < -0.3 is 9.80 Å². The lowest BCUT2D eigenvalue weighted by molar-refractivity contribution is -0.0700. The number of hydrogen-bond acceptors (Lipinski definition) is 3. The zero-order valence-electron chi connectivity index (χ0n) is 10.9. The normalized spacial score (nSPS) is 32.2. The van der Waals surface area contributed by atoms with Gasteiger partial charge in [0, 0.05) is 50.2 Å². The van der Waals surface area contributed by atoms with Crippen LogP contribution in [0.25, 0.3) is 0 Å². The quantitative estimate of drug-likeness (QED) is 0.683. The Morgan fingerprint density at radius 2 is 1.81 bits per heavy atom. The summed E-state index contributed by atoms with van der Waals surface area (Å²) in [7, 11) is 2.22. The first kappa shape index (κ1) is 11.0. The minimum absolute atomic E-state index is 0.679. The van der Waals surface area contributed by atoms with Gasteiger partial charge >= 0.3 is 0 Å². The van der Waals surface area contributed by atoms with Crippen molar-refractivity contribution in [3.05, 3.63) is 0 Å². The van der Waals surface area contributed by atoms with E-state index in [1.54, 1.807) is 0 Å². The molecule has 0 aromatic rings. The molecule has 16 heavy (non-hydrogen) atoms. The Kier molecular flexibility index (Phi) is 2.54. The van der Waals surface area contributed by atoms with E-state index in [4.69, 9.17) is 0 Å². The predicted molar refractivity (Wildman–Crippen MR) is 66.6 cm³/mol. The van der Waals surface area contributed by atoms with Crippen LogP contribution in [-0.2, 0) is 0 Å². The fraction of sp³-hybridized carbons (Fsp3) is 1.00. The standard InChI is InChI=1S/C13H25N3/c1-11(2)15-5-4-13(8-15)9-16(10-13)12-6-14(3)7-12/h11-12H,4-10H2,1-3H3. The second-order valence-electron chi connectivity index (χ2n) is 6.59. The van der Waals surface area contributed by atoms with Crippen LogP contribution in [0, 0.1) is 5.41 Å². The number of rotatable bonds is 2. The minimum Gasteiger partial charge on any atom is -0.303 e. The van der Waals surface area contributed by atoms with Gasteiger partial charge in [-0.05, 0) is 33.9 Å². The van der Waals surface area contributed by atoms with E-state index >= 15 is 0 Å². The molecule has 0 N–H and O–H groups in total. The summed E-state index contributed by atoms with van der Waals surface area (Å²) in [5.41, 5.74) is 0.679. The number of likely N-dealkylation sites (tertiary alicyclic amines) is 3. The first-order valence-electron chi connectivity index (χ1n) is 6.75. The molecule has 3 aliphatic rings. The van der Waals surface area contributed by atoms with Crippen LogP contribution in [-0.4, -0.2) is 73.1 Å². The molecule has 3 rings (SSSR count). The SMILES string of the molecule is CC(C)N1CCC2(C1)CN(C1CN(C)C1)C2. The van der Waals surface area contributed by atoms with Gasteiger partial charge in [0.05, 0.1) is 0 Å². The monoisotopic (exact) mass is 223 g/mol. The molecule has 1 spiro atoms. The van der Waals surface area contributed by atoms with E-state index in [1.807, 2.05) is 0 Å². The molecule has 0 radical (unpaired) electrons. The van der Waals surface area contributed by atoms with Gasteiger partial charge in [-0.15, -0.1) is 0 Å². The maximum atomic E-state index is 2.71. The molecule has 3 heterocycles. The maximum absolute atomic E-state index is 2.71. The van der Waals surface area contributed by atoms with Gasteiger partial charge in [0.2, 0.25) is 0 Å². The van der Waals surface area contributed by atoms with Crippen LogP contribution in [0.2, 0.25) is 0 Å². The summed E-state index contributed by atoms with van der Waals surface area (Å²) in [5.74, 6) is 0. The summed E-state index contributed by atoms with van der Waals surface area (Å²) in [6, 6.07) is 1.62. The molecule has 0 aliphatic carbocycles. The van der Waals surface area contributed by atoms with Crippen LogP contribution in [0.15, 0.2) is 0 Å². The molecule has 0 saturated carbocycles. The Morgan fingerprint density at radius 3 is 2.31 bits per heavy atom. The van der Waals surface area contributed by atoms with E-state index < -0.39 is 0 Å². The molecule has 3 heteroatoms. The summed E-state index contributed by atoms with van der Waals surface area (Å²) < 4.78 is 0. The largest absolute Gasteiger partial charge is 0.303 e. The van der Waals surface area contributed by atoms with Crippen molar-refractivity contribution in [1.29, 1.82) is 0 Å². The van der Waals surface area contributed by atoms with E-state index in [0.717, 1.165) is 12.1 Å². The van der Waals surface area contributed by atoms with Gasteiger partial charge in [-0.1, -0.05) is 0 Å². The zero-order chi connectivity index (χ0) is 11.3. The van der Waals surface area contributed by atoms with Crippen molar-refractivity contribution >= 4 is 0 Å². The summed E-state index contributed by atoms with van der Waals surface area (Å²) in [6.07, 6.45) is 1.43. The molecule has 0 atom stereocenters. The van der Waals surface area contributed by atoms with Crippen LogP contribution in [0.3, 0.4) is 0 Å². The molecule has 3 fully saturated rings. The van der Waals surface area contributed by atoms with E-state index in [-0.39, 0.29) is 0 Å². The van der Waals surface area contributed by atoms with Crippen molar-refractivity contribution in [1.82, 2.24) is 14.7 Å². The zero-order valence-corrected chi connectivity index (χ0v) is 10.9. The Bertz CT molecular complexity index is 264. The van der Waals surface area contributed by atoms with Gasteiger partial charge in [0.1, 0.15) is 0 Å². The van der Waals surface area contributed by atoms with E-state index in [1.165, 1.54) is 45.7 Å².